The van der Waals surface area contributed by atoms with Crippen LogP contribution >= 0.6 is 0 Å². The van der Waals surface area contributed by atoms with Crippen LogP contribution in [-0.2, 0) is 13.2 Å². The minimum absolute atomic E-state index is 0.0156. The number of hydrogen-bond acceptors (Lipinski definition) is 7. The van der Waals surface area contributed by atoms with E-state index in [4.69, 9.17) is 14.2 Å². The zero-order valence-corrected chi connectivity index (χ0v) is 17.1. The standard InChI is InChI=1S/C23H22N2O6/c1-29-19-8-3-15(4-9-19)14-31-21-10-7-17(11-20(21)23(27)28)24-25-18-6-5-16(13-26)22(12-18)30-2/h3-12,26H,13-14H2,1-2H3,(H,27,28). The minimum Gasteiger partial charge on any atom is -0.497 e. The normalized spacial score (nSPS) is 10.8. The number of nitrogens with zero attached hydrogens (tertiary/aromatic N) is 2. The van der Waals surface area contributed by atoms with Gasteiger partial charge in [0.2, 0.25) is 0 Å². The zero-order chi connectivity index (χ0) is 22.2. The maximum Gasteiger partial charge on any atom is 0.339 e. The quantitative estimate of drug-likeness (QED) is 0.475. The Labute approximate surface area is 179 Å². The minimum atomic E-state index is -1.13. The number of carboxylic acid groups (broad SMARTS) is 1. The van der Waals surface area contributed by atoms with Gasteiger partial charge in [0.1, 0.15) is 29.4 Å². The molecule has 2 N–H and O–H groups in total. The first-order valence-electron chi connectivity index (χ1n) is 9.36. The van der Waals surface area contributed by atoms with Crippen LogP contribution in [0, 0.1) is 0 Å². The van der Waals surface area contributed by atoms with E-state index < -0.39 is 5.97 Å². The van der Waals surface area contributed by atoms with Gasteiger partial charge < -0.3 is 24.4 Å². The summed E-state index contributed by atoms with van der Waals surface area (Å²) >= 11 is 0. The van der Waals surface area contributed by atoms with Crippen LogP contribution in [0.2, 0.25) is 0 Å². The predicted molar refractivity (Wildman–Crippen MR) is 114 cm³/mol. The Hall–Kier alpha value is -3.91. The van der Waals surface area contributed by atoms with E-state index in [1.165, 1.54) is 13.2 Å². The number of aliphatic hydroxyl groups is 1. The van der Waals surface area contributed by atoms with E-state index in [2.05, 4.69) is 10.2 Å². The molecule has 0 radical (unpaired) electrons. The van der Waals surface area contributed by atoms with E-state index in [1.807, 2.05) is 24.3 Å². The van der Waals surface area contributed by atoms with Gasteiger partial charge in [0.05, 0.1) is 32.2 Å². The lowest BCUT2D eigenvalue weighted by molar-refractivity contribution is 0.0691. The molecule has 8 heteroatoms. The molecule has 0 atom stereocenters. The van der Waals surface area contributed by atoms with Gasteiger partial charge in [0, 0.05) is 11.6 Å². The van der Waals surface area contributed by atoms with E-state index in [9.17, 15) is 15.0 Å². The van der Waals surface area contributed by atoms with Gasteiger partial charge in [-0.15, -0.1) is 0 Å². The summed E-state index contributed by atoms with van der Waals surface area (Å²) in [5.41, 5.74) is 2.36. The van der Waals surface area contributed by atoms with E-state index in [0.29, 0.717) is 22.7 Å². The Morgan fingerprint density at radius 3 is 2.16 bits per heavy atom. The largest absolute Gasteiger partial charge is 0.497 e. The Morgan fingerprint density at radius 2 is 1.55 bits per heavy atom. The number of carbonyl (C=O) groups is 1. The molecule has 31 heavy (non-hydrogen) atoms. The fourth-order valence-electron chi connectivity index (χ4n) is 2.80. The van der Waals surface area contributed by atoms with Crippen LogP contribution in [0.3, 0.4) is 0 Å². The lowest BCUT2D eigenvalue weighted by Gasteiger charge is -2.10. The van der Waals surface area contributed by atoms with Crippen LogP contribution in [0.15, 0.2) is 70.9 Å². The highest BCUT2D eigenvalue weighted by molar-refractivity contribution is 5.92. The molecule has 8 nitrogen and oxygen atoms in total. The summed E-state index contributed by atoms with van der Waals surface area (Å²) < 4.78 is 16.0. The molecule has 0 spiro atoms. The molecule has 0 unspecified atom stereocenters. The van der Waals surface area contributed by atoms with Crippen LogP contribution in [0.1, 0.15) is 21.5 Å². The number of hydrogen-bond donors (Lipinski definition) is 2. The number of azo groups is 1. The Morgan fingerprint density at radius 1 is 0.871 bits per heavy atom. The third kappa shape index (κ3) is 5.58. The molecule has 0 saturated carbocycles. The van der Waals surface area contributed by atoms with E-state index in [0.717, 1.165) is 11.3 Å². The molecule has 0 aliphatic heterocycles. The van der Waals surface area contributed by atoms with Crippen LogP contribution < -0.4 is 14.2 Å². The molecule has 0 aromatic heterocycles. The molecule has 0 aliphatic carbocycles. The van der Waals surface area contributed by atoms with Crippen LogP contribution in [0.4, 0.5) is 11.4 Å². The zero-order valence-electron chi connectivity index (χ0n) is 17.1. The first-order valence-corrected chi connectivity index (χ1v) is 9.36. The SMILES string of the molecule is COc1ccc(COc2ccc(N=Nc3ccc(CO)c(OC)c3)cc2C(=O)O)cc1. The summed E-state index contributed by atoms with van der Waals surface area (Å²) in [6, 6.07) is 16.9. The number of methoxy groups -OCH3 is 2. The van der Waals surface area contributed by atoms with Crippen molar-refractivity contribution < 1.29 is 29.2 Å². The highest BCUT2D eigenvalue weighted by atomic mass is 16.5. The number of benzene rings is 3. The second kappa shape index (κ2) is 10.2. The summed E-state index contributed by atoms with van der Waals surface area (Å²) in [6.45, 7) is 0.0582. The van der Waals surface area contributed by atoms with Gasteiger partial charge >= 0.3 is 5.97 Å². The molecule has 0 amide bonds. The van der Waals surface area contributed by atoms with Crippen LogP contribution in [0.5, 0.6) is 17.2 Å². The first-order chi connectivity index (χ1) is 15.0. The van der Waals surface area contributed by atoms with Crippen LogP contribution in [-0.4, -0.2) is 30.4 Å². The van der Waals surface area contributed by atoms with E-state index in [-0.39, 0.29) is 24.5 Å². The lowest BCUT2D eigenvalue weighted by Crippen LogP contribution is -2.03. The fourth-order valence-corrected chi connectivity index (χ4v) is 2.80. The second-order valence-corrected chi connectivity index (χ2v) is 6.48. The molecule has 3 aromatic carbocycles. The number of rotatable bonds is 9. The van der Waals surface area contributed by atoms with Gasteiger partial charge in [-0.3, -0.25) is 0 Å². The maximum atomic E-state index is 11.7. The maximum absolute atomic E-state index is 11.7. The van der Waals surface area contributed by atoms with Crippen molar-refractivity contribution in [2.24, 2.45) is 10.2 Å². The smallest absolute Gasteiger partial charge is 0.339 e. The summed E-state index contributed by atoms with van der Waals surface area (Å²) in [4.78, 5) is 11.7. The van der Waals surface area contributed by atoms with Gasteiger partial charge in [-0.25, -0.2) is 4.79 Å². The van der Waals surface area contributed by atoms with Crippen molar-refractivity contribution in [3.63, 3.8) is 0 Å². The molecule has 0 aliphatic rings. The average molecular weight is 422 g/mol. The van der Waals surface area contributed by atoms with Gasteiger partial charge in [-0.1, -0.05) is 18.2 Å². The highest BCUT2D eigenvalue weighted by Crippen LogP contribution is 2.29. The number of aromatic carboxylic acids is 1. The summed E-state index contributed by atoms with van der Waals surface area (Å²) in [5.74, 6) is 0.327. The Bertz CT molecular complexity index is 1080. The third-order valence-electron chi connectivity index (χ3n) is 4.47. The third-order valence-corrected chi connectivity index (χ3v) is 4.47. The van der Waals surface area contributed by atoms with Crippen molar-refractivity contribution in [2.45, 2.75) is 13.2 Å². The first kappa shape index (κ1) is 21.8. The molecule has 3 rings (SSSR count). The summed E-state index contributed by atoms with van der Waals surface area (Å²) in [7, 11) is 3.09. The van der Waals surface area contributed by atoms with Crippen molar-refractivity contribution in [1.82, 2.24) is 0 Å². The molecule has 0 saturated heterocycles. The second-order valence-electron chi connectivity index (χ2n) is 6.48. The number of carboxylic acids is 1. The molecular weight excluding hydrogens is 400 g/mol. The summed E-state index contributed by atoms with van der Waals surface area (Å²) in [6.07, 6.45) is 0. The number of aliphatic hydroxyl groups excluding tert-OH is 1. The van der Waals surface area contributed by atoms with E-state index in [1.54, 1.807) is 37.4 Å². The van der Waals surface area contributed by atoms with Crippen molar-refractivity contribution in [3.8, 4) is 17.2 Å². The fraction of sp³-hybridized carbons (Fsp3) is 0.174. The molecule has 0 heterocycles. The van der Waals surface area contributed by atoms with Crippen LogP contribution in [0.25, 0.3) is 0 Å². The van der Waals surface area contributed by atoms with Crippen molar-refractivity contribution in [1.29, 1.82) is 0 Å². The Balaban J connectivity index is 1.76. The molecule has 3 aromatic rings. The van der Waals surface area contributed by atoms with Gasteiger partial charge in [-0.05, 0) is 42.0 Å². The topological polar surface area (TPSA) is 110 Å². The average Bonchev–Trinajstić information content (AvgIpc) is 2.81. The molecule has 0 bridgehead atoms. The molecular formula is C23H22N2O6. The number of ether oxygens (including phenoxy) is 3. The molecule has 160 valence electrons. The van der Waals surface area contributed by atoms with Gasteiger partial charge in [0.25, 0.3) is 0 Å². The van der Waals surface area contributed by atoms with Gasteiger partial charge in [0.15, 0.2) is 0 Å². The van der Waals surface area contributed by atoms with Crippen molar-refractivity contribution in [2.75, 3.05) is 14.2 Å². The van der Waals surface area contributed by atoms with Gasteiger partial charge in [-0.2, -0.15) is 10.2 Å². The Kier molecular flexibility index (Phi) is 7.18. The van der Waals surface area contributed by atoms with Crippen molar-refractivity contribution in [3.05, 3.63) is 77.4 Å². The summed E-state index contributed by atoms with van der Waals surface area (Å²) in [5, 5.41) is 27.1. The van der Waals surface area contributed by atoms with E-state index >= 15 is 0 Å². The predicted octanol–water partition coefficient (Wildman–Crippen LogP) is 4.89. The monoisotopic (exact) mass is 422 g/mol. The lowest BCUT2D eigenvalue weighted by atomic mass is 10.1. The highest BCUT2D eigenvalue weighted by Gasteiger charge is 2.13. The van der Waals surface area contributed by atoms with Crippen molar-refractivity contribution >= 4 is 17.3 Å². The molecule has 0 fully saturated rings.